The number of phenolic OH excluding ortho intramolecular Hbond substituents is 1. The van der Waals surface area contributed by atoms with E-state index in [2.05, 4.69) is 0 Å². The van der Waals surface area contributed by atoms with Gasteiger partial charge in [0, 0.05) is 13.3 Å². The zero-order valence-corrected chi connectivity index (χ0v) is 7.49. The molecule has 1 aromatic rings. The molecular formula is C10H12O3. The van der Waals surface area contributed by atoms with E-state index < -0.39 is 0 Å². The number of ether oxygens (including phenoxy) is 1. The molecule has 70 valence electrons. The van der Waals surface area contributed by atoms with Crippen LogP contribution >= 0.6 is 0 Å². The highest BCUT2D eigenvalue weighted by Crippen LogP contribution is 2.09. The highest BCUT2D eigenvalue weighted by atomic mass is 16.5. The molecule has 0 atom stereocenters. The maximum absolute atomic E-state index is 10.4. The normalized spacial score (nSPS) is 9.62. The summed E-state index contributed by atoms with van der Waals surface area (Å²) in [5, 5.41) is 8.98. The van der Waals surface area contributed by atoms with Gasteiger partial charge in [0.05, 0.1) is 6.61 Å². The summed E-state index contributed by atoms with van der Waals surface area (Å²) in [5.74, 6) is -0.0185. The topological polar surface area (TPSA) is 46.5 Å². The van der Waals surface area contributed by atoms with Crippen molar-refractivity contribution in [2.24, 2.45) is 0 Å². The lowest BCUT2D eigenvalue weighted by molar-refractivity contribution is -0.140. The predicted molar refractivity (Wildman–Crippen MR) is 48.4 cm³/mol. The Hall–Kier alpha value is -1.51. The van der Waals surface area contributed by atoms with E-state index in [9.17, 15) is 4.79 Å². The fourth-order valence-corrected chi connectivity index (χ4v) is 0.975. The summed E-state index contributed by atoms with van der Waals surface area (Å²) in [6, 6.07) is 6.84. The molecule has 0 aliphatic heterocycles. The van der Waals surface area contributed by atoms with E-state index >= 15 is 0 Å². The van der Waals surface area contributed by atoms with Crippen molar-refractivity contribution >= 4 is 5.97 Å². The molecule has 0 spiro atoms. The molecule has 0 amide bonds. The van der Waals surface area contributed by atoms with Crippen LogP contribution in [0.25, 0.3) is 0 Å². The van der Waals surface area contributed by atoms with Gasteiger partial charge in [-0.05, 0) is 17.7 Å². The molecule has 0 unspecified atom stereocenters. The molecule has 0 saturated heterocycles. The molecule has 0 saturated carbocycles. The lowest BCUT2D eigenvalue weighted by Crippen LogP contribution is -2.02. The molecule has 0 aliphatic rings. The second-order valence-corrected chi connectivity index (χ2v) is 2.76. The van der Waals surface area contributed by atoms with E-state index in [1.165, 1.54) is 6.92 Å². The third-order valence-corrected chi connectivity index (χ3v) is 1.63. The van der Waals surface area contributed by atoms with Gasteiger partial charge < -0.3 is 9.84 Å². The number of aromatic hydroxyl groups is 1. The van der Waals surface area contributed by atoms with Crippen LogP contribution in [0.3, 0.4) is 0 Å². The molecule has 13 heavy (non-hydrogen) atoms. The van der Waals surface area contributed by atoms with Gasteiger partial charge in [0.2, 0.25) is 0 Å². The lowest BCUT2D eigenvalue weighted by atomic mass is 10.1. The zero-order valence-electron chi connectivity index (χ0n) is 7.49. The van der Waals surface area contributed by atoms with Gasteiger partial charge in [-0.1, -0.05) is 12.1 Å². The van der Waals surface area contributed by atoms with Gasteiger partial charge in [0.1, 0.15) is 5.75 Å². The summed E-state index contributed by atoms with van der Waals surface area (Å²) in [4.78, 5) is 10.4. The van der Waals surface area contributed by atoms with Crippen LogP contribution in [0.5, 0.6) is 5.75 Å². The van der Waals surface area contributed by atoms with Crippen LogP contribution in [-0.4, -0.2) is 17.7 Å². The fraction of sp³-hybridized carbons (Fsp3) is 0.300. The van der Waals surface area contributed by atoms with Crippen molar-refractivity contribution in [1.29, 1.82) is 0 Å². The van der Waals surface area contributed by atoms with Crippen molar-refractivity contribution in [3.8, 4) is 5.75 Å². The second kappa shape index (κ2) is 4.50. The van der Waals surface area contributed by atoms with Gasteiger partial charge in [-0.15, -0.1) is 0 Å². The Labute approximate surface area is 77.0 Å². The van der Waals surface area contributed by atoms with Crippen LogP contribution < -0.4 is 0 Å². The van der Waals surface area contributed by atoms with Crippen LogP contribution in [0.1, 0.15) is 12.5 Å². The van der Waals surface area contributed by atoms with E-state index in [0.717, 1.165) is 5.56 Å². The van der Waals surface area contributed by atoms with E-state index in [0.29, 0.717) is 13.0 Å². The Balaban J connectivity index is 2.37. The van der Waals surface area contributed by atoms with Gasteiger partial charge in [-0.3, -0.25) is 4.79 Å². The number of phenols is 1. The molecule has 0 heterocycles. The third-order valence-electron chi connectivity index (χ3n) is 1.63. The summed E-state index contributed by atoms with van der Waals surface area (Å²) in [7, 11) is 0. The highest BCUT2D eigenvalue weighted by Gasteiger charge is 1.95. The summed E-state index contributed by atoms with van der Waals surface area (Å²) in [6.45, 7) is 1.77. The summed E-state index contributed by atoms with van der Waals surface area (Å²) >= 11 is 0. The molecule has 3 heteroatoms. The first kappa shape index (κ1) is 9.58. The molecule has 1 N–H and O–H groups in total. The van der Waals surface area contributed by atoms with Crippen LogP contribution in [-0.2, 0) is 16.0 Å². The minimum absolute atomic E-state index is 0.247. The molecule has 0 aliphatic carbocycles. The second-order valence-electron chi connectivity index (χ2n) is 2.76. The monoisotopic (exact) mass is 180 g/mol. The van der Waals surface area contributed by atoms with E-state index in [1.807, 2.05) is 0 Å². The number of carbonyl (C=O) groups is 1. The Kier molecular flexibility index (Phi) is 3.31. The van der Waals surface area contributed by atoms with Crippen molar-refractivity contribution in [2.45, 2.75) is 13.3 Å². The number of carbonyl (C=O) groups excluding carboxylic acids is 1. The average molecular weight is 180 g/mol. The van der Waals surface area contributed by atoms with Gasteiger partial charge in [0.15, 0.2) is 0 Å². The van der Waals surface area contributed by atoms with Crippen LogP contribution in [0.2, 0.25) is 0 Å². The third kappa shape index (κ3) is 3.60. The standard InChI is InChI=1S/C10H12O3/c1-8(11)13-7-6-9-2-4-10(12)5-3-9/h2-5,12H,6-7H2,1H3. The van der Waals surface area contributed by atoms with Gasteiger partial charge in [-0.2, -0.15) is 0 Å². The molecule has 0 radical (unpaired) electrons. The van der Waals surface area contributed by atoms with Gasteiger partial charge in [0.25, 0.3) is 0 Å². The van der Waals surface area contributed by atoms with Crippen LogP contribution in [0.15, 0.2) is 24.3 Å². The van der Waals surface area contributed by atoms with Crippen LogP contribution in [0.4, 0.5) is 0 Å². The average Bonchev–Trinajstić information content (AvgIpc) is 2.08. The van der Waals surface area contributed by atoms with E-state index in [1.54, 1.807) is 24.3 Å². The highest BCUT2D eigenvalue weighted by molar-refractivity contribution is 5.65. The molecule has 0 fully saturated rings. The molecule has 1 aromatic carbocycles. The molecular weight excluding hydrogens is 168 g/mol. The van der Waals surface area contributed by atoms with Crippen LogP contribution in [0, 0.1) is 0 Å². The molecule has 0 aromatic heterocycles. The zero-order chi connectivity index (χ0) is 9.68. The quantitative estimate of drug-likeness (QED) is 0.717. The van der Waals surface area contributed by atoms with Gasteiger partial charge >= 0.3 is 5.97 Å². The maximum atomic E-state index is 10.4. The molecule has 3 nitrogen and oxygen atoms in total. The van der Waals surface area contributed by atoms with Gasteiger partial charge in [-0.25, -0.2) is 0 Å². The van der Waals surface area contributed by atoms with Crippen molar-refractivity contribution in [1.82, 2.24) is 0 Å². The Morgan fingerprint density at radius 3 is 2.54 bits per heavy atom. The molecule has 1 rings (SSSR count). The fourth-order valence-electron chi connectivity index (χ4n) is 0.975. The first-order valence-electron chi connectivity index (χ1n) is 4.10. The predicted octanol–water partition coefficient (Wildman–Crippen LogP) is 1.50. The number of esters is 1. The van der Waals surface area contributed by atoms with E-state index in [4.69, 9.17) is 9.84 Å². The number of rotatable bonds is 3. The summed E-state index contributed by atoms with van der Waals surface area (Å²) in [5.41, 5.74) is 1.04. The van der Waals surface area contributed by atoms with E-state index in [-0.39, 0.29) is 11.7 Å². The van der Waals surface area contributed by atoms with Crippen molar-refractivity contribution < 1.29 is 14.6 Å². The molecule has 0 bridgehead atoms. The SMILES string of the molecule is CC(=O)OCCc1ccc(O)cc1. The number of hydrogen-bond donors (Lipinski definition) is 1. The number of hydrogen-bond acceptors (Lipinski definition) is 3. The van der Waals surface area contributed by atoms with Crippen molar-refractivity contribution in [3.05, 3.63) is 29.8 Å². The smallest absolute Gasteiger partial charge is 0.302 e. The first-order valence-corrected chi connectivity index (χ1v) is 4.10. The summed E-state index contributed by atoms with van der Waals surface area (Å²) in [6.07, 6.45) is 0.680. The maximum Gasteiger partial charge on any atom is 0.302 e. The Bertz CT molecular complexity index is 277. The van der Waals surface area contributed by atoms with Crippen molar-refractivity contribution in [2.75, 3.05) is 6.61 Å². The Morgan fingerprint density at radius 1 is 1.38 bits per heavy atom. The minimum Gasteiger partial charge on any atom is -0.508 e. The summed E-state index contributed by atoms with van der Waals surface area (Å²) < 4.78 is 4.77. The first-order chi connectivity index (χ1) is 6.18. The largest absolute Gasteiger partial charge is 0.508 e. The van der Waals surface area contributed by atoms with Crippen molar-refractivity contribution in [3.63, 3.8) is 0 Å². The lowest BCUT2D eigenvalue weighted by Gasteiger charge is -2.01. The Morgan fingerprint density at radius 2 is 2.00 bits per heavy atom. The number of benzene rings is 1. The minimum atomic E-state index is -0.265.